The molecule has 2 aromatic carbocycles. The Morgan fingerprint density at radius 3 is 1.45 bits per heavy atom. The monoisotopic (exact) mass is 456 g/mol. The first-order chi connectivity index (χ1) is 13.7. The summed E-state index contributed by atoms with van der Waals surface area (Å²) in [6.45, 7) is 16.9. The third-order valence-electron chi connectivity index (χ3n) is 5.48. The number of phosphoric ester groups is 1. The summed E-state index contributed by atoms with van der Waals surface area (Å²) in [6, 6.07) is 12.3. The molecule has 0 aliphatic heterocycles. The minimum Gasteiger partial charge on any atom is -1.00 e. The Labute approximate surface area is 211 Å². The van der Waals surface area contributed by atoms with E-state index in [4.69, 9.17) is 4.52 Å². The van der Waals surface area contributed by atoms with Crippen LogP contribution in [0.5, 0.6) is 0 Å². The van der Waals surface area contributed by atoms with Crippen molar-refractivity contribution in [2.75, 3.05) is 0 Å². The quantitative estimate of drug-likeness (QED) is 0.514. The molecule has 0 spiro atoms. The van der Waals surface area contributed by atoms with Gasteiger partial charge in [0.2, 0.25) is 0 Å². The molecule has 2 N–H and O–H groups in total. The van der Waals surface area contributed by atoms with Gasteiger partial charge in [0, 0.05) is 0 Å². The number of benzene rings is 2. The van der Waals surface area contributed by atoms with Crippen molar-refractivity contribution in [2.45, 2.75) is 85.2 Å². The molecule has 0 unspecified atom stereocenters. The third-order valence-corrected chi connectivity index (χ3v) is 5.96. The third kappa shape index (κ3) is 7.54. The molecule has 6 heteroatoms. The summed E-state index contributed by atoms with van der Waals surface area (Å²) in [5, 5.41) is 0. The molecule has 0 fully saturated rings. The fraction of sp³-hybridized carbons (Fsp3) is 0.520. The van der Waals surface area contributed by atoms with Crippen molar-refractivity contribution in [1.29, 1.82) is 0 Å². The van der Waals surface area contributed by atoms with Crippen LogP contribution in [0.25, 0.3) is 0 Å². The van der Waals surface area contributed by atoms with Crippen molar-refractivity contribution in [3.05, 3.63) is 69.8 Å². The van der Waals surface area contributed by atoms with Gasteiger partial charge in [0.1, 0.15) is 6.10 Å². The molecule has 0 aliphatic carbocycles. The fourth-order valence-corrected chi connectivity index (χ4v) is 4.32. The summed E-state index contributed by atoms with van der Waals surface area (Å²) in [7, 11) is -4.73. The van der Waals surface area contributed by atoms with E-state index in [1.165, 1.54) is 11.1 Å². The average molecular weight is 457 g/mol. The molecule has 168 valence electrons. The maximum Gasteiger partial charge on any atom is 1.00 e. The molecule has 0 aromatic heterocycles. The van der Waals surface area contributed by atoms with Crippen LogP contribution in [0.2, 0.25) is 0 Å². The van der Waals surface area contributed by atoms with E-state index in [1.54, 1.807) is 0 Å². The van der Waals surface area contributed by atoms with E-state index in [-0.39, 0.29) is 41.8 Å². The molecular weight excluding hydrogens is 418 g/mol. The van der Waals surface area contributed by atoms with Gasteiger partial charge in [-0.05, 0) is 57.1 Å². The van der Waals surface area contributed by atoms with Crippen molar-refractivity contribution in [2.24, 2.45) is 0 Å². The Kier molecular flexibility index (Phi) is 9.82. The Morgan fingerprint density at radius 1 is 0.839 bits per heavy atom. The van der Waals surface area contributed by atoms with Gasteiger partial charge in [0.05, 0.1) is 0 Å². The van der Waals surface area contributed by atoms with E-state index in [2.05, 4.69) is 67.5 Å². The molecule has 0 heterocycles. The SMILES string of the molecule is CCc1ccc(C(OP(=O)(O)O)c2ccc(CC)cc2C(C)(C)C)c(C(C)(C)C)c1.[H-].[Na+]. The summed E-state index contributed by atoms with van der Waals surface area (Å²) in [4.78, 5) is 19.6. The Balaban J connectivity index is 0.00000480. The van der Waals surface area contributed by atoms with Crippen molar-refractivity contribution >= 4 is 7.82 Å². The second-order valence-electron chi connectivity index (χ2n) is 10.0. The zero-order valence-electron chi connectivity index (χ0n) is 21.6. The van der Waals surface area contributed by atoms with E-state index in [1.807, 2.05) is 24.3 Å². The smallest absolute Gasteiger partial charge is 1.00 e. The molecule has 2 aromatic rings. The number of aryl methyl sites for hydroxylation is 2. The summed E-state index contributed by atoms with van der Waals surface area (Å²) in [6.07, 6.45) is 0.934. The minimum absolute atomic E-state index is 0. The first-order valence-electron chi connectivity index (χ1n) is 10.7. The predicted octanol–water partition coefficient (Wildman–Crippen LogP) is 3.72. The van der Waals surface area contributed by atoms with Crippen molar-refractivity contribution in [1.82, 2.24) is 0 Å². The van der Waals surface area contributed by atoms with Gasteiger partial charge in [-0.15, -0.1) is 0 Å². The van der Waals surface area contributed by atoms with Gasteiger partial charge in [0.25, 0.3) is 0 Å². The van der Waals surface area contributed by atoms with Gasteiger partial charge in [-0.1, -0.05) is 91.8 Å². The molecule has 0 saturated heterocycles. The van der Waals surface area contributed by atoms with E-state index in [9.17, 15) is 14.4 Å². The Morgan fingerprint density at radius 2 is 1.19 bits per heavy atom. The van der Waals surface area contributed by atoms with Gasteiger partial charge < -0.3 is 11.2 Å². The van der Waals surface area contributed by atoms with Crippen LogP contribution in [0.15, 0.2) is 36.4 Å². The van der Waals surface area contributed by atoms with Crippen LogP contribution in [-0.2, 0) is 32.8 Å². The second-order valence-corrected chi connectivity index (χ2v) is 11.2. The van der Waals surface area contributed by atoms with Gasteiger partial charge in [0.15, 0.2) is 0 Å². The largest absolute Gasteiger partial charge is 1.00 e. The van der Waals surface area contributed by atoms with Crippen LogP contribution in [0.4, 0.5) is 0 Å². The summed E-state index contributed by atoms with van der Waals surface area (Å²) in [5.74, 6) is 0. The van der Waals surface area contributed by atoms with Crippen molar-refractivity contribution in [3.63, 3.8) is 0 Å². The number of hydrogen-bond donors (Lipinski definition) is 2. The molecule has 0 amide bonds. The van der Waals surface area contributed by atoms with Crippen LogP contribution in [-0.4, -0.2) is 9.79 Å². The average Bonchev–Trinajstić information content (AvgIpc) is 2.63. The zero-order chi connectivity index (χ0) is 22.9. The summed E-state index contributed by atoms with van der Waals surface area (Å²) >= 11 is 0. The van der Waals surface area contributed by atoms with Crippen LogP contribution in [0, 0.1) is 0 Å². The fourth-order valence-electron chi connectivity index (χ4n) is 3.82. The van der Waals surface area contributed by atoms with Gasteiger partial charge in [-0.2, -0.15) is 0 Å². The second kappa shape index (κ2) is 10.7. The molecular formula is C25H38NaO4P. The number of hydrogen-bond acceptors (Lipinski definition) is 2. The van der Waals surface area contributed by atoms with E-state index in [0.717, 1.165) is 35.1 Å². The number of phosphoric acid groups is 1. The molecule has 0 aliphatic rings. The molecule has 4 nitrogen and oxygen atoms in total. The standard InChI is InChI=1S/C25H37O4P.Na.H/c1-9-17-11-13-19(21(15-17)24(3,4)5)23(29-30(26,27)28)20-14-12-18(10-2)16-22(20)25(6,7)8;;/h11-16,23H,9-10H2,1-8H3,(H2,26,27,28);;/q;+1;-1. The summed E-state index contributed by atoms with van der Waals surface area (Å²) in [5.41, 5.74) is 5.66. The van der Waals surface area contributed by atoms with Gasteiger partial charge in [-0.25, -0.2) is 4.57 Å². The summed E-state index contributed by atoms with van der Waals surface area (Å²) < 4.78 is 17.5. The first-order valence-corrected chi connectivity index (χ1v) is 12.2. The van der Waals surface area contributed by atoms with Crippen LogP contribution >= 0.6 is 7.82 Å². The van der Waals surface area contributed by atoms with Crippen molar-refractivity contribution in [3.8, 4) is 0 Å². The first kappa shape index (κ1) is 28.6. The van der Waals surface area contributed by atoms with E-state index in [0.29, 0.717) is 0 Å². The Hall–Kier alpha value is -0.450. The number of rotatable bonds is 6. The predicted molar refractivity (Wildman–Crippen MR) is 125 cm³/mol. The topological polar surface area (TPSA) is 66.8 Å². The molecule has 2 rings (SSSR count). The molecule has 0 atom stereocenters. The van der Waals surface area contributed by atoms with Crippen LogP contribution in [0.1, 0.15) is 96.3 Å². The van der Waals surface area contributed by atoms with Gasteiger partial charge >= 0.3 is 37.4 Å². The van der Waals surface area contributed by atoms with Crippen molar-refractivity contribution < 1.29 is 49.9 Å². The minimum atomic E-state index is -4.73. The zero-order valence-corrected chi connectivity index (χ0v) is 23.5. The maximum absolute atomic E-state index is 12.0. The van der Waals surface area contributed by atoms with E-state index < -0.39 is 13.9 Å². The molecule has 0 saturated carbocycles. The van der Waals surface area contributed by atoms with Crippen LogP contribution in [0.3, 0.4) is 0 Å². The normalized spacial score (nSPS) is 12.7. The van der Waals surface area contributed by atoms with E-state index >= 15 is 0 Å². The molecule has 0 bridgehead atoms. The van der Waals surface area contributed by atoms with Crippen LogP contribution < -0.4 is 29.6 Å². The van der Waals surface area contributed by atoms with Gasteiger partial charge in [-0.3, -0.25) is 4.52 Å². The molecule has 0 radical (unpaired) electrons. The Bertz CT molecular complexity index is 876. The molecule has 31 heavy (non-hydrogen) atoms. The maximum atomic E-state index is 12.0.